The zero-order chi connectivity index (χ0) is 10.8. The van der Waals surface area contributed by atoms with Crippen LogP contribution in [0, 0.1) is 0 Å². The van der Waals surface area contributed by atoms with E-state index < -0.39 is 11.6 Å². The molecule has 2 rings (SSSR count). The first-order chi connectivity index (χ1) is 7.22. The van der Waals surface area contributed by atoms with Crippen LogP contribution in [0.1, 0.15) is 10.6 Å². The Morgan fingerprint density at radius 2 is 2.33 bits per heavy atom. The van der Waals surface area contributed by atoms with Gasteiger partial charge in [0, 0.05) is 12.4 Å². The molecule has 0 spiro atoms. The maximum Gasteiger partial charge on any atom is 0.374 e. The first-order valence-corrected chi connectivity index (χ1v) is 4.18. The Bertz CT molecular complexity index is 573. The van der Waals surface area contributed by atoms with Crippen molar-refractivity contribution >= 4 is 16.7 Å². The summed E-state index contributed by atoms with van der Waals surface area (Å²) in [7, 11) is 1.22. The minimum absolute atomic E-state index is 0.110. The molecule has 0 unspecified atom stereocenters. The summed E-state index contributed by atoms with van der Waals surface area (Å²) in [5.41, 5.74) is -0.596. The lowest BCUT2D eigenvalue weighted by atomic mass is 10.2. The van der Waals surface area contributed by atoms with E-state index in [9.17, 15) is 9.59 Å². The van der Waals surface area contributed by atoms with Crippen molar-refractivity contribution in [3.05, 3.63) is 40.7 Å². The van der Waals surface area contributed by atoms with E-state index in [0.717, 1.165) is 0 Å². The number of carbonyl (C=O) groups is 1. The van der Waals surface area contributed by atoms with Gasteiger partial charge in [-0.2, -0.15) is 0 Å². The minimum atomic E-state index is -0.675. The molecule has 0 aliphatic rings. The Balaban J connectivity index is 2.73. The van der Waals surface area contributed by atoms with Crippen LogP contribution in [-0.4, -0.2) is 18.1 Å². The van der Waals surface area contributed by atoms with Crippen molar-refractivity contribution in [3.8, 4) is 0 Å². The van der Waals surface area contributed by atoms with Crippen molar-refractivity contribution in [2.45, 2.75) is 0 Å². The van der Waals surface area contributed by atoms with Crippen molar-refractivity contribution in [2.24, 2.45) is 0 Å². The Labute approximate surface area is 84.3 Å². The molecule has 0 saturated heterocycles. The zero-order valence-electron chi connectivity index (χ0n) is 7.89. The van der Waals surface area contributed by atoms with Gasteiger partial charge in [0.1, 0.15) is 0 Å². The summed E-state index contributed by atoms with van der Waals surface area (Å²) in [5.74, 6) is -0.785. The summed E-state index contributed by atoms with van der Waals surface area (Å²) in [5, 5.41) is 0.937. The fraction of sp³-hybridized carbons (Fsp3) is 0.100. The van der Waals surface area contributed by atoms with E-state index in [1.54, 1.807) is 6.07 Å². The summed E-state index contributed by atoms with van der Waals surface area (Å²) in [4.78, 5) is 26.3. The minimum Gasteiger partial charge on any atom is -0.463 e. The molecule has 76 valence electrons. The van der Waals surface area contributed by atoms with Gasteiger partial charge in [0.15, 0.2) is 0 Å². The molecule has 0 atom stereocenters. The number of methoxy groups -OCH3 is 1. The third kappa shape index (κ3) is 1.59. The van der Waals surface area contributed by atoms with E-state index >= 15 is 0 Å². The first-order valence-electron chi connectivity index (χ1n) is 4.18. The third-order valence-corrected chi connectivity index (χ3v) is 1.95. The number of rotatable bonds is 1. The van der Waals surface area contributed by atoms with Crippen molar-refractivity contribution in [3.63, 3.8) is 0 Å². The van der Waals surface area contributed by atoms with Crippen LogP contribution in [0.4, 0.5) is 0 Å². The average molecular weight is 205 g/mol. The largest absolute Gasteiger partial charge is 0.463 e. The van der Waals surface area contributed by atoms with Crippen LogP contribution in [-0.2, 0) is 4.74 Å². The van der Waals surface area contributed by atoms with Gasteiger partial charge in [-0.05, 0) is 17.5 Å². The molecule has 0 amide bonds. The number of pyridine rings is 1. The molecule has 5 nitrogen and oxygen atoms in total. The standard InChI is InChI=1S/C10H7NO4/c1-14-10(13)8-4-6-2-3-11-5-7(6)9(12)15-8/h2-5H,1H3. The monoisotopic (exact) mass is 205 g/mol. The normalized spacial score (nSPS) is 10.2. The van der Waals surface area contributed by atoms with Gasteiger partial charge in [-0.3, -0.25) is 4.98 Å². The van der Waals surface area contributed by atoms with Crippen LogP contribution < -0.4 is 5.63 Å². The lowest BCUT2D eigenvalue weighted by Crippen LogP contribution is -2.08. The van der Waals surface area contributed by atoms with Crippen LogP contribution in [0.5, 0.6) is 0 Å². The zero-order valence-corrected chi connectivity index (χ0v) is 7.89. The quantitative estimate of drug-likeness (QED) is 0.649. The Morgan fingerprint density at radius 1 is 1.53 bits per heavy atom. The van der Waals surface area contributed by atoms with Crippen LogP contribution in [0.15, 0.2) is 33.7 Å². The highest BCUT2D eigenvalue weighted by molar-refractivity contribution is 5.91. The molecule has 0 aliphatic carbocycles. The predicted octanol–water partition coefficient (Wildman–Crippen LogP) is 0.975. The van der Waals surface area contributed by atoms with Crippen molar-refractivity contribution < 1.29 is 13.9 Å². The van der Waals surface area contributed by atoms with Gasteiger partial charge in [-0.15, -0.1) is 0 Å². The predicted molar refractivity (Wildman–Crippen MR) is 51.6 cm³/mol. The number of ether oxygens (including phenoxy) is 1. The number of nitrogens with zero attached hydrogens (tertiary/aromatic N) is 1. The second-order valence-corrected chi connectivity index (χ2v) is 2.85. The van der Waals surface area contributed by atoms with Crippen LogP contribution in [0.3, 0.4) is 0 Å². The van der Waals surface area contributed by atoms with Crippen LogP contribution in [0.25, 0.3) is 10.8 Å². The highest BCUT2D eigenvalue weighted by Crippen LogP contribution is 2.10. The van der Waals surface area contributed by atoms with E-state index in [4.69, 9.17) is 4.42 Å². The molecule has 0 saturated carbocycles. The molecular formula is C10H7NO4. The Morgan fingerprint density at radius 3 is 3.07 bits per heavy atom. The molecule has 0 N–H and O–H groups in total. The molecule has 0 bridgehead atoms. The van der Waals surface area contributed by atoms with Gasteiger partial charge in [0.05, 0.1) is 12.5 Å². The third-order valence-electron chi connectivity index (χ3n) is 1.95. The fourth-order valence-corrected chi connectivity index (χ4v) is 1.23. The van der Waals surface area contributed by atoms with Crippen molar-refractivity contribution in [2.75, 3.05) is 7.11 Å². The topological polar surface area (TPSA) is 69.4 Å². The molecule has 15 heavy (non-hydrogen) atoms. The molecule has 2 aromatic heterocycles. The molecule has 0 radical (unpaired) electrons. The van der Waals surface area contributed by atoms with E-state index in [-0.39, 0.29) is 5.76 Å². The molecule has 5 heteroatoms. The second kappa shape index (κ2) is 3.53. The number of esters is 1. The van der Waals surface area contributed by atoms with Crippen LogP contribution in [0.2, 0.25) is 0 Å². The number of hydrogen-bond acceptors (Lipinski definition) is 5. The summed E-state index contributed by atoms with van der Waals surface area (Å²) in [6, 6.07) is 3.07. The van der Waals surface area contributed by atoms with Crippen molar-refractivity contribution in [1.82, 2.24) is 4.98 Å². The number of fused-ring (bicyclic) bond motifs is 1. The van der Waals surface area contributed by atoms with Gasteiger partial charge >= 0.3 is 11.6 Å². The van der Waals surface area contributed by atoms with Gasteiger partial charge < -0.3 is 9.15 Å². The first kappa shape index (κ1) is 9.39. The highest BCUT2D eigenvalue weighted by Gasteiger charge is 2.11. The van der Waals surface area contributed by atoms with Gasteiger partial charge in [0.2, 0.25) is 5.76 Å². The molecule has 0 aliphatic heterocycles. The summed E-state index contributed by atoms with van der Waals surface area (Å²) in [6.45, 7) is 0. The van der Waals surface area contributed by atoms with Gasteiger partial charge in [0.25, 0.3) is 0 Å². The van der Waals surface area contributed by atoms with E-state index in [2.05, 4.69) is 9.72 Å². The summed E-state index contributed by atoms with van der Waals surface area (Å²) >= 11 is 0. The molecule has 2 heterocycles. The maximum atomic E-state index is 11.4. The second-order valence-electron chi connectivity index (χ2n) is 2.85. The van der Waals surface area contributed by atoms with Crippen molar-refractivity contribution in [1.29, 1.82) is 0 Å². The highest BCUT2D eigenvalue weighted by atomic mass is 16.5. The van der Waals surface area contributed by atoms with E-state index in [0.29, 0.717) is 10.8 Å². The molecule has 0 fully saturated rings. The molecule has 2 aromatic rings. The Kier molecular flexibility index (Phi) is 2.21. The number of carbonyl (C=O) groups excluding carboxylic acids is 1. The van der Waals surface area contributed by atoms with E-state index in [1.807, 2.05) is 0 Å². The average Bonchev–Trinajstić information content (AvgIpc) is 2.28. The molecule has 0 aromatic carbocycles. The van der Waals surface area contributed by atoms with E-state index in [1.165, 1.54) is 25.6 Å². The SMILES string of the molecule is COC(=O)c1cc2ccncc2c(=O)o1. The fourth-order valence-electron chi connectivity index (χ4n) is 1.23. The lowest BCUT2D eigenvalue weighted by Gasteiger charge is -1.99. The summed E-state index contributed by atoms with van der Waals surface area (Å²) < 4.78 is 9.23. The smallest absolute Gasteiger partial charge is 0.374 e. The van der Waals surface area contributed by atoms with Crippen LogP contribution >= 0.6 is 0 Å². The van der Waals surface area contributed by atoms with Gasteiger partial charge in [-0.1, -0.05) is 0 Å². The summed E-state index contributed by atoms with van der Waals surface area (Å²) in [6.07, 6.45) is 2.92. The number of hydrogen-bond donors (Lipinski definition) is 0. The maximum absolute atomic E-state index is 11.4. The molecular weight excluding hydrogens is 198 g/mol. The van der Waals surface area contributed by atoms with Gasteiger partial charge in [-0.25, -0.2) is 9.59 Å². The Hall–Kier alpha value is -2.17. The number of aromatic nitrogens is 1. The lowest BCUT2D eigenvalue weighted by molar-refractivity contribution is 0.0560.